The summed E-state index contributed by atoms with van der Waals surface area (Å²) in [4.78, 5) is 28.3. The fraction of sp³-hybridized carbons (Fsp3) is 0.600. The topological polar surface area (TPSA) is 61.9 Å². The summed E-state index contributed by atoms with van der Waals surface area (Å²) in [6, 6.07) is 6.58. The number of carbonyl (C=O) groups is 2. The molecular weight excluding hydrogens is 349 g/mol. The maximum atomic E-state index is 13.9. The first-order valence-corrected chi connectivity index (χ1v) is 9.78. The third kappa shape index (κ3) is 4.97. The molecule has 0 bridgehead atoms. The molecule has 2 aliphatic heterocycles. The van der Waals surface area contributed by atoms with Crippen LogP contribution in [-0.2, 0) is 16.1 Å². The van der Waals surface area contributed by atoms with Gasteiger partial charge in [0.1, 0.15) is 5.82 Å². The maximum absolute atomic E-state index is 13.9. The highest BCUT2D eigenvalue weighted by Gasteiger charge is 2.33. The molecule has 2 amide bonds. The smallest absolute Gasteiger partial charge is 0.409 e. The van der Waals surface area contributed by atoms with Crippen molar-refractivity contribution in [1.29, 1.82) is 0 Å². The van der Waals surface area contributed by atoms with Gasteiger partial charge >= 0.3 is 6.09 Å². The Kier molecular flexibility index (Phi) is 6.66. The Bertz CT molecular complexity index is 662. The van der Waals surface area contributed by atoms with Gasteiger partial charge in [-0.1, -0.05) is 18.2 Å². The standard InChI is InChI=1S/C20H28FN3O3/c1-2-27-20(26)23-12-9-16(10-13-23)22-19(25)18-8-5-11-24(18)14-15-6-3-4-7-17(15)21/h3-4,6-7,16,18H,2,5,8-14H2,1H3,(H,22,25). The maximum Gasteiger partial charge on any atom is 0.409 e. The number of ether oxygens (including phenoxy) is 1. The lowest BCUT2D eigenvalue weighted by Crippen LogP contribution is -2.51. The zero-order chi connectivity index (χ0) is 19.2. The SMILES string of the molecule is CCOC(=O)N1CCC(NC(=O)C2CCCN2Cc2ccccc2F)CC1. The van der Waals surface area contributed by atoms with Crippen LogP contribution < -0.4 is 5.32 Å². The Morgan fingerprint density at radius 2 is 1.93 bits per heavy atom. The van der Waals surface area contributed by atoms with E-state index in [1.165, 1.54) is 6.07 Å². The number of amides is 2. The van der Waals surface area contributed by atoms with Crippen molar-refractivity contribution in [2.75, 3.05) is 26.2 Å². The second-order valence-corrected chi connectivity index (χ2v) is 7.19. The van der Waals surface area contributed by atoms with Crippen LogP contribution in [-0.4, -0.2) is 60.1 Å². The van der Waals surface area contributed by atoms with Crippen molar-refractivity contribution in [1.82, 2.24) is 15.1 Å². The van der Waals surface area contributed by atoms with Crippen LogP contribution in [0.15, 0.2) is 24.3 Å². The number of nitrogens with zero attached hydrogens (tertiary/aromatic N) is 2. The molecule has 1 atom stereocenters. The van der Waals surface area contributed by atoms with Crippen molar-refractivity contribution in [3.8, 4) is 0 Å². The minimum Gasteiger partial charge on any atom is -0.450 e. The van der Waals surface area contributed by atoms with Crippen molar-refractivity contribution in [3.63, 3.8) is 0 Å². The lowest BCUT2D eigenvalue weighted by Gasteiger charge is -2.33. The van der Waals surface area contributed by atoms with Gasteiger partial charge in [-0.2, -0.15) is 0 Å². The molecule has 2 saturated heterocycles. The number of hydrogen-bond acceptors (Lipinski definition) is 4. The van der Waals surface area contributed by atoms with E-state index in [0.717, 1.165) is 32.2 Å². The fourth-order valence-electron chi connectivity index (χ4n) is 3.88. The van der Waals surface area contributed by atoms with Crippen molar-refractivity contribution in [2.45, 2.75) is 51.2 Å². The van der Waals surface area contributed by atoms with E-state index in [1.807, 2.05) is 6.07 Å². The van der Waals surface area contributed by atoms with Crippen molar-refractivity contribution in [2.24, 2.45) is 0 Å². The van der Waals surface area contributed by atoms with Gasteiger partial charge in [-0.05, 0) is 45.2 Å². The number of likely N-dealkylation sites (tertiary alicyclic amines) is 2. The molecule has 7 heteroatoms. The largest absolute Gasteiger partial charge is 0.450 e. The molecule has 0 saturated carbocycles. The van der Waals surface area contributed by atoms with Crippen molar-refractivity contribution in [3.05, 3.63) is 35.6 Å². The van der Waals surface area contributed by atoms with E-state index < -0.39 is 0 Å². The molecule has 2 heterocycles. The number of carbonyl (C=O) groups excluding carboxylic acids is 2. The van der Waals surface area contributed by atoms with E-state index in [2.05, 4.69) is 10.2 Å². The molecule has 27 heavy (non-hydrogen) atoms. The Morgan fingerprint density at radius 1 is 1.19 bits per heavy atom. The van der Waals surface area contributed by atoms with Crippen LogP contribution in [0.3, 0.4) is 0 Å². The van der Waals surface area contributed by atoms with E-state index in [4.69, 9.17) is 4.74 Å². The molecule has 2 fully saturated rings. The summed E-state index contributed by atoms with van der Waals surface area (Å²) in [5.41, 5.74) is 0.625. The minimum atomic E-state index is -0.283. The number of rotatable bonds is 5. The summed E-state index contributed by atoms with van der Waals surface area (Å²) in [5, 5.41) is 3.13. The van der Waals surface area contributed by atoms with Crippen LogP contribution in [0.1, 0.15) is 38.2 Å². The molecule has 0 spiro atoms. The van der Waals surface area contributed by atoms with Crippen LogP contribution in [0.25, 0.3) is 0 Å². The van der Waals surface area contributed by atoms with Gasteiger partial charge in [-0.15, -0.1) is 0 Å². The Morgan fingerprint density at radius 3 is 2.63 bits per heavy atom. The zero-order valence-electron chi connectivity index (χ0n) is 15.8. The van der Waals surface area contributed by atoms with E-state index in [9.17, 15) is 14.0 Å². The molecule has 1 unspecified atom stereocenters. The van der Waals surface area contributed by atoms with Crippen LogP contribution in [0.2, 0.25) is 0 Å². The van der Waals surface area contributed by atoms with Gasteiger partial charge in [0.2, 0.25) is 5.91 Å². The van der Waals surface area contributed by atoms with Crippen molar-refractivity contribution < 1.29 is 18.7 Å². The summed E-state index contributed by atoms with van der Waals surface area (Å²) < 4.78 is 19.0. The van der Waals surface area contributed by atoms with Crippen LogP contribution in [0.5, 0.6) is 0 Å². The van der Waals surface area contributed by atoms with Gasteiger partial charge < -0.3 is 15.0 Å². The van der Waals surface area contributed by atoms with Gasteiger partial charge in [0, 0.05) is 31.2 Å². The predicted octanol–water partition coefficient (Wildman–Crippen LogP) is 2.53. The highest BCUT2D eigenvalue weighted by molar-refractivity contribution is 5.82. The third-order valence-corrected chi connectivity index (χ3v) is 5.36. The normalized spacial score (nSPS) is 21.3. The lowest BCUT2D eigenvalue weighted by atomic mass is 10.0. The molecule has 0 aliphatic carbocycles. The molecular formula is C20H28FN3O3. The molecule has 1 aromatic rings. The summed E-state index contributed by atoms with van der Waals surface area (Å²) in [6.07, 6.45) is 2.90. The van der Waals surface area contributed by atoms with E-state index in [1.54, 1.807) is 24.0 Å². The number of nitrogens with one attached hydrogen (secondary N) is 1. The second-order valence-electron chi connectivity index (χ2n) is 7.19. The van der Waals surface area contributed by atoms with E-state index in [-0.39, 0.29) is 29.9 Å². The quantitative estimate of drug-likeness (QED) is 0.857. The Labute approximate surface area is 159 Å². The van der Waals surface area contributed by atoms with E-state index in [0.29, 0.717) is 31.8 Å². The molecule has 3 rings (SSSR count). The first-order chi connectivity index (χ1) is 13.1. The van der Waals surface area contributed by atoms with Crippen LogP contribution >= 0.6 is 0 Å². The van der Waals surface area contributed by atoms with E-state index >= 15 is 0 Å². The predicted molar refractivity (Wildman–Crippen MR) is 99.6 cm³/mol. The summed E-state index contributed by atoms with van der Waals surface area (Å²) in [5.74, 6) is -0.215. The van der Waals surface area contributed by atoms with Crippen molar-refractivity contribution >= 4 is 12.0 Å². The van der Waals surface area contributed by atoms with Gasteiger partial charge in [0.25, 0.3) is 0 Å². The first-order valence-electron chi connectivity index (χ1n) is 9.78. The third-order valence-electron chi connectivity index (χ3n) is 5.36. The zero-order valence-corrected chi connectivity index (χ0v) is 15.8. The monoisotopic (exact) mass is 377 g/mol. The van der Waals surface area contributed by atoms with Crippen LogP contribution in [0, 0.1) is 5.82 Å². The summed E-state index contributed by atoms with van der Waals surface area (Å²) in [6.45, 7) is 4.59. The number of benzene rings is 1. The highest BCUT2D eigenvalue weighted by atomic mass is 19.1. The van der Waals surface area contributed by atoms with Gasteiger partial charge in [0.05, 0.1) is 12.6 Å². The molecule has 2 aliphatic rings. The average Bonchev–Trinajstić information content (AvgIpc) is 3.13. The Balaban J connectivity index is 1.50. The molecule has 148 valence electrons. The molecule has 0 aromatic heterocycles. The summed E-state index contributed by atoms with van der Waals surface area (Å²) in [7, 11) is 0. The van der Waals surface area contributed by atoms with Gasteiger partial charge in [0.15, 0.2) is 0 Å². The first kappa shape index (κ1) is 19.6. The number of halogens is 1. The second kappa shape index (κ2) is 9.17. The molecule has 1 N–H and O–H groups in total. The fourth-order valence-corrected chi connectivity index (χ4v) is 3.88. The molecule has 6 nitrogen and oxygen atoms in total. The number of piperidine rings is 1. The van der Waals surface area contributed by atoms with Gasteiger partial charge in [-0.3, -0.25) is 9.69 Å². The molecule has 1 aromatic carbocycles. The summed E-state index contributed by atoms with van der Waals surface area (Å²) >= 11 is 0. The highest BCUT2D eigenvalue weighted by Crippen LogP contribution is 2.22. The molecule has 0 radical (unpaired) electrons. The van der Waals surface area contributed by atoms with Gasteiger partial charge in [-0.25, -0.2) is 9.18 Å². The minimum absolute atomic E-state index is 0.0124. The number of hydrogen-bond donors (Lipinski definition) is 1. The lowest BCUT2D eigenvalue weighted by molar-refractivity contribution is -0.126. The average molecular weight is 377 g/mol. The Hall–Kier alpha value is -2.15. The van der Waals surface area contributed by atoms with Crippen LogP contribution in [0.4, 0.5) is 9.18 Å².